The summed E-state index contributed by atoms with van der Waals surface area (Å²) in [5.74, 6) is 0.416. The van der Waals surface area contributed by atoms with Gasteiger partial charge in [-0.1, -0.05) is 38.1 Å². The Hall–Kier alpha value is -1.88. The summed E-state index contributed by atoms with van der Waals surface area (Å²) in [6.07, 6.45) is 2.84. The van der Waals surface area contributed by atoms with E-state index in [-0.39, 0.29) is 11.8 Å². The SMILES string of the molecule is Cc1ccccc1CCCC(=O)NC(CC(C)C)C(=O)N1CCN(C)CC1. The van der Waals surface area contributed by atoms with Crippen molar-refractivity contribution < 1.29 is 9.59 Å². The van der Waals surface area contributed by atoms with Crippen molar-refractivity contribution in [3.05, 3.63) is 35.4 Å². The van der Waals surface area contributed by atoms with Crippen molar-refractivity contribution in [3.8, 4) is 0 Å². The molecule has 27 heavy (non-hydrogen) atoms. The quantitative estimate of drug-likeness (QED) is 0.762. The average molecular weight is 374 g/mol. The van der Waals surface area contributed by atoms with Crippen molar-refractivity contribution in [2.45, 2.75) is 52.5 Å². The molecule has 150 valence electrons. The fourth-order valence-electron chi connectivity index (χ4n) is 3.54. The second-order valence-electron chi connectivity index (χ2n) is 8.16. The van der Waals surface area contributed by atoms with E-state index in [4.69, 9.17) is 0 Å². The van der Waals surface area contributed by atoms with Crippen LogP contribution in [0.2, 0.25) is 0 Å². The molecule has 1 atom stereocenters. The number of nitrogens with one attached hydrogen (secondary N) is 1. The van der Waals surface area contributed by atoms with Crippen molar-refractivity contribution in [3.63, 3.8) is 0 Å². The number of amides is 2. The van der Waals surface area contributed by atoms with Gasteiger partial charge in [-0.15, -0.1) is 0 Å². The summed E-state index contributed by atoms with van der Waals surface area (Å²) in [5.41, 5.74) is 2.55. The van der Waals surface area contributed by atoms with Gasteiger partial charge in [0.25, 0.3) is 0 Å². The highest BCUT2D eigenvalue weighted by atomic mass is 16.2. The van der Waals surface area contributed by atoms with Crippen LogP contribution in [0.3, 0.4) is 0 Å². The van der Waals surface area contributed by atoms with Gasteiger partial charge in [-0.2, -0.15) is 0 Å². The molecule has 5 heteroatoms. The molecule has 0 aromatic heterocycles. The van der Waals surface area contributed by atoms with Gasteiger partial charge in [0.2, 0.25) is 11.8 Å². The summed E-state index contributed by atoms with van der Waals surface area (Å²) in [5, 5.41) is 3.01. The van der Waals surface area contributed by atoms with Gasteiger partial charge in [0, 0.05) is 32.6 Å². The summed E-state index contributed by atoms with van der Waals surface area (Å²) in [6.45, 7) is 9.56. The van der Waals surface area contributed by atoms with Crippen LogP contribution in [-0.2, 0) is 16.0 Å². The van der Waals surface area contributed by atoms with Crippen LogP contribution in [0.1, 0.15) is 44.2 Å². The molecule has 0 bridgehead atoms. The number of benzene rings is 1. The van der Waals surface area contributed by atoms with Crippen LogP contribution in [0, 0.1) is 12.8 Å². The molecule has 1 aromatic rings. The Kier molecular flexibility index (Phi) is 8.29. The van der Waals surface area contributed by atoms with Crippen molar-refractivity contribution in [1.29, 1.82) is 0 Å². The van der Waals surface area contributed by atoms with Gasteiger partial charge in [0.05, 0.1) is 0 Å². The molecule has 0 saturated carbocycles. The molecule has 1 heterocycles. The molecule has 1 N–H and O–H groups in total. The average Bonchev–Trinajstić information content (AvgIpc) is 2.62. The van der Waals surface area contributed by atoms with Crippen LogP contribution in [0.5, 0.6) is 0 Å². The van der Waals surface area contributed by atoms with E-state index in [1.165, 1.54) is 11.1 Å². The number of hydrogen-bond donors (Lipinski definition) is 1. The van der Waals surface area contributed by atoms with Crippen LogP contribution >= 0.6 is 0 Å². The third-order valence-electron chi connectivity index (χ3n) is 5.27. The number of rotatable bonds is 8. The molecule has 1 aromatic carbocycles. The number of likely N-dealkylation sites (N-methyl/N-ethyl adjacent to an activating group) is 1. The normalized spacial score (nSPS) is 16.4. The molecule has 2 rings (SSSR count). The van der Waals surface area contributed by atoms with Crippen LogP contribution < -0.4 is 5.32 Å². The van der Waals surface area contributed by atoms with E-state index < -0.39 is 6.04 Å². The van der Waals surface area contributed by atoms with E-state index in [2.05, 4.69) is 50.2 Å². The zero-order valence-electron chi connectivity index (χ0n) is 17.3. The second-order valence-corrected chi connectivity index (χ2v) is 8.16. The van der Waals surface area contributed by atoms with Crippen LogP contribution in [0.25, 0.3) is 0 Å². The van der Waals surface area contributed by atoms with Gasteiger partial charge in [-0.3, -0.25) is 9.59 Å². The Labute approximate surface area is 164 Å². The molecule has 1 aliphatic heterocycles. The van der Waals surface area contributed by atoms with Gasteiger partial charge in [-0.05, 0) is 50.3 Å². The lowest BCUT2D eigenvalue weighted by Crippen LogP contribution is -2.54. The van der Waals surface area contributed by atoms with Crippen molar-refractivity contribution >= 4 is 11.8 Å². The van der Waals surface area contributed by atoms with Gasteiger partial charge in [0.15, 0.2) is 0 Å². The Balaban J connectivity index is 1.85. The Morgan fingerprint density at radius 2 is 1.78 bits per heavy atom. The monoisotopic (exact) mass is 373 g/mol. The molecular formula is C22H35N3O2. The summed E-state index contributed by atoms with van der Waals surface area (Å²) >= 11 is 0. The number of hydrogen-bond acceptors (Lipinski definition) is 3. The van der Waals surface area contributed by atoms with Crippen molar-refractivity contribution in [1.82, 2.24) is 15.1 Å². The number of carbonyl (C=O) groups is 2. The van der Waals surface area contributed by atoms with Crippen LogP contribution in [-0.4, -0.2) is 60.9 Å². The zero-order valence-corrected chi connectivity index (χ0v) is 17.3. The third-order valence-corrected chi connectivity index (χ3v) is 5.27. The molecule has 1 fully saturated rings. The predicted molar refractivity (Wildman–Crippen MR) is 110 cm³/mol. The van der Waals surface area contributed by atoms with Crippen LogP contribution in [0.4, 0.5) is 0 Å². The maximum atomic E-state index is 12.9. The third kappa shape index (κ3) is 6.98. The molecule has 1 aliphatic rings. The number of nitrogens with zero attached hydrogens (tertiary/aromatic N) is 2. The molecule has 0 spiro atoms. The van der Waals surface area contributed by atoms with E-state index >= 15 is 0 Å². The Morgan fingerprint density at radius 3 is 2.41 bits per heavy atom. The van der Waals surface area contributed by atoms with Crippen molar-refractivity contribution in [2.75, 3.05) is 33.2 Å². The minimum Gasteiger partial charge on any atom is -0.344 e. The Bertz CT molecular complexity index is 622. The highest BCUT2D eigenvalue weighted by molar-refractivity contribution is 5.87. The van der Waals surface area contributed by atoms with Gasteiger partial charge >= 0.3 is 0 Å². The fraction of sp³-hybridized carbons (Fsp3) is 0.636. The van der Waals surface area contributed by atoms with Crippen molar-refractivity contribution in [2.24, 2.45) is 5.92 Å². The topological polar surface area (TPSA) is 52.7 Å². The van der Waals surface area contributed by atoms with Crippen LogP contribution in [0.15, 0.2) is 24.3 Å². The number of piperazine rings is 1. The van der Waals surface area contributed by atoms with E-state index in [9.17, 15) is 9.59 Å². The summed E-state index contributed by atoms with van der Waals surface area (Å²) in [4.78, 5) is 29.5. The lowest BCUT2D eigenvalue weighted by Gasteiger charge is -2.35. The maximum Gasteiger partial charge on any atom is 0.245 e. The summed E-state index contributed by atoms with van der Waals surface area (Å²) in [7, 11) is 2.07. The van der Waals surface area contributed by atoms with Gasteiger partial charge < -0.3 is 15.1 Å². The van der Waals surface area contributed by atoms with Gasteiger partial charge in [0.1, 0.15) is 6.04 Å². The smallest absolute Gasteiger partial charge is 0.245 e. The fourth-order valence-corrected chi connectivity index (χ4v) is 3.54. The highest BCUT2D eigenvalue weighted by Crippen LogP contribution is 2.13. The molecule has 1 saturated heterocycles. The zero-order chi connectivity index (χ0) is 19.8. The molecular weight excluding hydrogens is 338 g/mol. The highest BCUT2D eigenvalue weighted by Gasteiger charge is 2.28. The van der Waals surface area contributed by atoms with E-state index in [0.717, 1.165) is 39.0 Å². The molecule has 5 nitrogen and oxygen atoms in total. The standard InChI is InChI=1S/C22H35N3O2/c1-17(2)16-20(22(27)25-14-12-24(4)13-15-25)23-21(26)11-7-10-19-9-6-5-8-18(19)3/h5-6,8-9,17,20H,7,10-16H2,1-4H3,(H,23,26). The summed E-state index contributed by atoms with van der Waals surface area (Å²) in [6, 6.07) is 7.88. The molecule has 1 unspecified atom stereocenters. The maximum absolute atomic E-state index is 12.9. The van der Waals surface area contributed by atoms with E-state index in [0.29, 0.717) is 18.8 Å². The lowest BCUT2D eigenvalue weighted by molar-refractivity contribution is -0.138. The first-order valence-corrected chi connectivity index (χ1v) is 10.2. The predicted octanol–water partition coefficient (Wildman–Crippen LogP) is 2.62. The first kappa shape index (κ1) is 21.4. The minimum absolute atomic E-state index is 0.0169. The first-order chi connectivity index (χ1) is 12.9. The van der Waals surface area contributed by atoms with Gasteiger partial charge in [-0.25, -0.2) is 0 Å². The number of carbonyl (C=O) groups excluding carboxylic acids is 2. The Morgan fingerprint density at radius 1 is 1.11 bits per heavy atom. The molecule has 2 amide bonds. The lowest BCUT2D eigenvalue weighted by atomic mass is 10.0. The first-order valence-electron chi connectivity index (χ1n) is 10.2. The summed E-state index contributed by atoms with van der Waals surface area (Å²) < 4.78 is 0. The minimum atomic E-state index is -0.403. The van der Waals surface area contributed by atoms with E-state index in [1.807, 2.05) is 17.0 Å². The number of aryl methyl sites for hydroxylation is 2. The van der Waals surface area contributed by atoms with E-state index in [1.54, 1.807) is 0 Å². The molecule has 0 aliphatic carbocycles. The second kappa shape index (κ2) is 10.5. The molecule has 0 radical (unpaired) electrons. The largest absolute Gasteiger partial charge is 0.344 e.